The van der Waals surface area contributed by atoms with E-state index in [1.807, 2.05) is 0 Å². The predicted octanol–water partition coefficient (Wildman–Crippen LogP) is 2.66. The molecule has 0 saturated heterocycles. The van der Waals surface area contributed by atoms with Gasteiger partial charge in [0.05, 0.1) is 6.10 Å². The highest BCUT2D eigenvalue weighted by molar-refractivity contribution is 5.65. The van der Waals surface area contributed by atoms with Gasteiger partial charge in [0.25, 0.3) is 0 Å². The van der Waals surface area contributed by atoms with Gasteiger partial charge in [-0.3, -0.25) is 4.79 Å². The van der Waals surface area contributed by atoms with Crippen molar-refractivity contribution >= 4 is 5.97 Å². The van der Waals surface area contributed by atoms with Gasteiger partial charge in [-0.25, -0.2) is 0 Å². The lowest BCUT2D eigenvalue weighted by Crippen LogP contribution is -2.17. The first-order valence-electron chi connectivity index (χ1n) is 6.39. The van der Waals surface area contributed by atoms with E-state index in [-0.39, 0.29) is 6.61 Å². The normalized spacial score (nSPS) is 15.5. The molecule has 15 heavy (non-hydrogen) atoms. The van der Waals surface area contributed by atoms with Crippen LogP contribution < -0.4 is 0 Å². The molecule has 0 aliphatic rings. The number of rotatable bonds is 9. The highest BCUT2D eigenvalue weighted by Gasteiger charge is 2.05. The topological polar surface area (TPSA) is 46.5 Å². The molecule has 1 N–H and O–H groups in total. The summed E-state index contributed by atoms with van der Waals surface area (Å²) >= 11 is 0. The third-order valence-corrected chi connectivity index (χ3v) is 2.20. The molecule has 0 amide bonds. The molecule has 0 saturated carbocycles. The number of carbonyl (C=O) groups excluding carboxylic acids is 1. The lowest BCUT2D eigenvalue weighted by molar-refractivity contribution is -0.144. The van der Waals surface area contributed by atoms with Gasteiger partial charge >= 0.3 is 5.97 Å². The van der Waals surface area contributed by atoms with Crippen molar-refractivity contribution in [3.8, 4) is 0 Å². The zero-order chi connectivity index (χ0) is 12.4. The molecule has 0 aliphatic carbocycles. The summed E-state index contributed by atoms with van der Waals surface area (Å²) in [5, 5.41) is 9.50. The van der Waals surface area contributed by atoms with E-state index in [4.69, 9.17) is 1.37 Å². The van der Waals surface area contributed by atoms with Gasteiger partial charge in [-0.1, -0.05) is 45.4 Å². The Morgan fingerprint density at radius 1 is 1.33 bits per heavy atom. The molecule has 0 aromatic carbocycles. The Kier molecular flexibility index (Phi) is 8.30. The van der Waals surface area contributed by atoms with Crippen molar-refractivity contribution in [1.82, 2.24) is 0 Å². The molecule has 3 nitrogen and oxygen atoms in total. The number of carbonyl (C=O) groups is 1. The van der Waals surface area contributed by atoms with Gasteiger partial charge in [-0.15, -0.1) is 0 Å². The fraction of sp³-hybridized carbons (Fsp3) is 0.917. The second kappa shape index (κ2) is 9.97. The van der Waals surface area contributed by atoms with Crippen LogP contribution in [0.4, 0.5) is 0 Å². The lowest BCUT2D eigenvalue weighted by Gasteiger charge is -2.09. The maximum absolute atomic E-state index is 10.5. The van der Waals surface area contributed by atoms with Crippen LogP contribution in [0, 0.1) is 0 Å². The van der Waals surface area contributed by atoms with Crippen LogP contribution in [0.3, 0.4) is 0 Å². The summed E-state index contributed by atoms with van der Waals surface area (Å²) in [6.07, 6.45) is 5.00. The van der Waals surface area contributed by atoms with Gasteiger partial charge in [-0.05, 0) is 6.40 Å². The Balaban J connectivity index is 3.47. The Hall–Kier alpha value is -0.570. The minimum atomic E-state index is -0.852. The van der Waals surface area contributed by atoms with E-state index >= 15 is 0 Å². The Bertz CT molecular complexity index is 185. The van der Waals surface area contributed by atoms with Gasteiger partial charge in [0, 0.05) is 8.29 Å². The first-order valence-corrected chi connectivity index (χ1v) is 5.81. The molecule has 0 rings (SSSR count). The molecular formula is C12H24O3. The molecular weight excluding hydrogens is 192 g/mol. The van der Waals surface area contributed by atoms with E-state index in [9.17, 15) is 9.90 Å². The van der Waals surface area contributed by atoms with Crippen molar-refractivity contribution in [3.05, 3.63) is 0 Å². The molecule has 0 bridgehead atoms. The molecule has 2 atom stereocenters. The van der Waals surface area contributed by atoms with Crippen LogP contribution in [0.2, 0.25) is 0 Å². The Labute approximate surface area is 94.2 Å². The molecule has 0 fully saturated rings. The zero-order valence-corrected chi connectivity index (χ0v) is 9.87. The first kappa shape index (κ1) is 12.5. The quantitative estimate of drug-likeness (QED) is 0.477. The van der Waals surface area contributed by atoms with Crippen LogP contribution in [0.1, 0.15) is 60.1 Å². The highest BCUT2D eigenvalue weighted by Crippen LogP contribution is 2.08. The summed E-state index contributed by atoms with van der Waals surface area (Å²) in [7, 11) is 0. The summed E-state index contributed by atoms with van der Waals surface area (Å²) in [5.41, 5.74) is 0. The smallest absolute Gasteiger partial charge is 0.302 e. The monoisotopic (exact) mass is 217 g/mol. The van der Waals surface area contributed by atoms with Crippen molar-refractivity contribution < 1.29 is 16.0 Å². The molecule has 0 aliphatic heterocycles. The number of aliphatic hydroxyl groups is 1. The summed E-state index contributed by atoms with van der Waals surface area (Å²) in [5.74, 6) is -0.408. The van der Waals surface area contributed by atoms with Crippen LogP contribution in [-0.4, -0.2) is 23.8 Å². The standard InChI is InChI=1S/C12H24O3/c1-3-4-5-6-7-8-9-12(14)10-15-11(2)13/h12,14H,3-10H2,1-2H3/i9D. The van der Waals surface area contributed by atoms with E-state index in [1.165, 1.54) is 26.2 Å². The Morgan fingerprint density at radius 2 is 1.93 bits per heavy atom. The summed E-state index contributed by atoms with van der Waals surface area (Å²) < 4.78 is 12.3. The maximum atomic E-state index is 10.5. The summed E-state index contributed by atoms with van der Waals surface area (Å²) in [4.78, 5) is 10.5. The number of aliphatic hydroxyl groups excluding tert-OH is 1. The highest BCUT2D eigenvalue weighted by atomic mass is 16.5. The van der Waals surface area contributed by atoms with Gasteiger partial charge < -0.3 is 9.84 Å². The molecule has 0 aromatic rings. The van der Waals surface area contributed by atoms with Crippen molar-refractivity contribution in [2.45, 2.75) is 64.9 Å². The van der Waals surface area contributed by atoms with Gasteiger partial charge in [0.2, 0.25) is 0 Å². The van der Waals surface area contributed by atoms with Crippen LogP contribution in [-0.2, 0) is 9.53 Å². The largest absolute Gasteiger partial charge is 0.463 e. The maximum Gasteiger partial charge on any atom is 0.302 e. The molecule has 0 spiro atoms. The number of hydrogen-bond acceptors (Lipinski definition) is 3. The van der Waals surface area contributed by atoms with Crippen LogP contribution in [0.25, 0.3) is 0 Å². The third kappa shape index (κ3) is 11.4. The van der Waals surface area contributed by atoms with E-state index < -0.39 is 18.5 Å². The van der Waals surface area contributed by atoms with Crippen molar-refractivity contribution in [3.63, 3.8) is 0 Å². The SMILES string of the molecule is [2H]C(CCCCCCC)C(O)COC(C)=O. The molecule has 0 aromatic heterocycles. The van der Waals surface area contributed by atoms with Crippen molar-refractivity contribution in [2.75, 3.05) is 6.61 Å². The molecule has 0 heterocycles. The number of unbranched alkanes of at least 4 members (excludes halogenated alkanes) is 4. The molecule has 3 heteroatoms. The molecule has 2 unspecified atom stereocenters. The third-order valence-electron chi connectivity index (χ3n) is 2.20. The van der Waals surface area contributed by atoms with E-state index in [0.29, 0.717) is 6.42 Å². The number of hydrogen-bond donors (Lipinski definition) is 1. The Morgan fingerprint density at radius 3 is 2.53 bits per heavy atom. The number of esters is 1. The molecule has 90 valence electrons. The van der Waals surface area contributed by atoms with Crippen LogP contribution in [0.15, 0.2) is 0 Å². The zero-order valence-electron chi connectivity index (χ0n) is 10.9. The van der Waals surface area contributed by atoms with Gasteiger partial charge in [0.15, 0.2) is 0 Å². The molecule has 0 radical (unpaired) electrons. The summed E-state index contributed by atoms with van der Waals surface area (Å²) in [6.45, 7) is 3.41. The fourth-order valence-electron chi connectivity index (χ4n) is 1.33. The minimum Gasteiger partial charge on any atom is -0.463 e. The van der Waals surface area contributed by atoms with E-state index in [2.05, 4.69) is 11.7 Å². The van der Waals surface area contributed by atoms with E-state index in [1.54, 1.807) is 0 Å². The van der Waals surface area contributed by atoms with Crippen molar-refractivity contribution in [2.24, 2.45) is 0 Å². The number of ether oxygens (including phenoxy) is 1. The average Bonchev–Trinajstić information content (AvgIpc) is 2.25. The van der Waals surface area contributed by atoms with Crippen molar-refractivity contribution in [1.29, 1.82) is 0 Å². The second-order valence-corrected chi connectivity index (χ2v) is 3.81. The minimum absolute atomic E-state index is 0.0571. The second-order valence-electron chi connectivity index (χ2n) is 3.81. The predicted molar refractivity (Wildman–Crippen MR) is 60.6 cm³/mol. The van der Waals surface area contributed by atoms with Gasteiger partial charge in [-0.2, -0.15) is 0 Å². The van der Waals surface area contributed by atoms with Gasteiger partial charge in [0.1, 0.15) is 6.61 Å². The van der Waals surface area contributed by atoms with E-state index in [0.717, 1.165) is 12.8 Å². The average molecular weight is 217 g/mol. The van der Waals surface area contributed by atoms with Crippen LogP contribution in [0.5, 0.6) is 0 Å². The lowest BCUT2D eigenvalue weighted by atomic mass is 10.1. The fourth-order valence-corrected chi connectivity index (χ4v) is 1.33. The van der Waals surface area contributed by atoms with Crippen LogP contribution >= 0.6 is 0 Å². The first-order chi connectivity index (χ1) is 7.57. The summed E-state index contributed by atoms with van der Waals surface area (Å²) in [6, 6.07) is 0.